The van der Waals surface area contributed by atoms with Crippen molar-refractivity contribution in [3.05, 3.63) is 135 Å². The molecular formula is C34H29BrF4N2O4. The van der Waals surface area contributed by atoms with Crippen molar-refractivity contribution in [2.24, 2.45) is 4.99 Å². The largest absolute Gasteiger partial charge is 0.494 e. The van der Waals surface area contributed by atoms with Crippen LogP contribution in [0.2, 0.25) is 0 Å². The maximum Gasteiger partial charge on any atom is 0.416 e. The van der Waals surface area contributed by atoms with E-state index in [1.165, 1.54) is 0 Å². The molecule has 45 heavy (non-hydrogen) atoms. The van der Waals surface area contributed by atoms with Crippen LogP contribution in [0, 0.1) is 5.82 Å². The number of aliphatic hydroxyl groups excluding tert-OH is 1. The van der Waals surface area contributed by atoms with E-state index in [9.17, 15) is 22.4 Å². The number of carbonyl (C=O) groups is 1. The van der Waals surface area contributed by atoms with Crippen molar-refractivity contribution in [3.8, 4) is 5.75 Å². The third-order valence-electron chi connectivity index (χ3n) is 7.29. The standard InChI is InChI=1S/C34H29BrF4N2O4/c35-29-10-5-4-9-25(29)20-33(32(43)40-21-22-17-26(34(37,38)39)19-27(36)18-22)30(23-7-2-1-3-8-23)45-31(41-33)24-11-13-28(14-12-24)44-16-6-15-42/h1-5,7-14,17-19,30,42H,6,15-16,20-21H2,(H,40,43)/t30-,33-/m1/s1. The lowest BCUT2D eigenvalue weighted by molar-refractivity contribution is -0.137. The number of rotatable bonds is 11. The number of amides is 1. The van der Waals surface area contributed by atoms with Gasteiger partial charge in [0.05, 0.1) is 12.2 Å². The molecule has 4 aromatic rings. The number of halogens is 5. The highest BCUT2D eigenvalue weighted by molar-refractivity contribution is 9.10. The first kappa shape index (κ1) is 32.2. The van der Waals surface area contributed by atoms with E-state index in [0.717, 1.165) is 22.2 Å². The predicted molar refractivity (Wildman–Crippen MR) is 164 cm³/mol. The minimum Gasteiger partial charge on any atom is -0.494 e. The molecule has 0 spiro atoms. The highest BCUT2D eigenvalue weighted by Gasteiger charge is 2.53. The van der Waals surface area contributed by atoms with Crippen LogP contribution in [-0.4, -0.2) is 35.7 Å². The Morgan fingerprint density at radius 1 is 1.00 bits per heavy atom. The van der Waals surface area contributed by atoms with E-state index in [-0.39, 0.29) is 31.0 Å². The van der Waals surface area contributed by atoms with Gasteiger partial charge in [-0.05, 0) is 65.2 Å². The summed E-state index contributed by atoms with van der Waals surface area (Å²) in [6.07, 6.45) is -5.11. The number of aliphatic imine (C=N–C) groups is 1. The Kier molecular flexibility index (Phi) is 9.89. The zero-order valence-electron chi connectivity index (χ0n) is 23.9. The van der Waals surface area contributed by atoms with Crippen molar-refractivity contribution in [2.75, 3.05) is 13.2 Å². The lowest BCUT2D eigenvalue weighted by atomic mass is 9.82. The highest BCUT2D eigenvalue weighted by Crippen LogP contribution is 2.43. The van der Waals surface area contributed by atoms with E-state index in [1.807, 2.05) is 54.6 Å². The second-order valence-corrected chi connectivity index (χ2v) is 11.4. The van der Waals surface area contributed by atoms with Gasteiger partial charge in [0.25, 0.3) is 5.91 Å². The van der Waals surface area contributed by atoms with Crippen LogP contribution in [0.25, 0.3) is 0 Å². The molecule has 2 atom stereocenters. The summed E-state index contributed by atoms with van der Waals surface area (Å²) in [6, 6.07) is 25.5. The molecule has 0 aromatic heterocycles. The number of benzene rings is 4. The van der Waals surface area contributed by atoms with Crippen LogP contribution in [0.5, 0.6) is 5.75 Å². The van der Waals surface area contributed by atoms with Crippen molar-refractivity contribution in [2.45, 2.75) is 37.2 Å². The number of aliphatic hydroxyl groups is 1. The zero-order chi connectivity index (χ0) is 32.0. The first-order valence-corrected chi connectivity index (χ1v) is 14.9. The Morgan fingerprint density at radius 3 is 2.40 bits per heavy atom. The lowest BCUT2D eigenvalue weighted by Gasteiger charge is -2.31. The first-order chi connectivity index (χ1) is 21.6. The minimum atomic E-state index is -4.75. The summed E-state index contributed by atoms with van der Waals surface area (Å²) in [5.74, 6) is -0.898. The van der Waals surface area contributed by atoms with Gasteiger partial charge in [-0.2, -0.15) is 13.2 Å². The molecule has 1 aliphatic rings. The van der Waals surface area contributed by atoms with Gasteiger partial charge in [-0.15, -0.1) is 0 Å². The molecule has 0 aliphatic carbocycles. The van der Waals surface area contributed by atoms with Gasteiger partial charge in [-0.25, -0.2) is 9.38 Å². The Labute approximate surface area is 265 Å². The average Bonchev–Trinajstić information content (AvgIpc) is 3.42. The number of nitrogens with one attached hydrogen (secondary N) is 1. The third kappa shape index (κ3) is 7.54. The van der Waals surface area contributed by atoms with Crippen LogP contribution in [0.15, 0.2) is 107 Å². The van der Waals surface area contributed by atoms with Crippen molar-refractivity contribution < 1.29 is 36.9 Å². The molecule has 5 rings (SSSR count). The van der Waals surface area contributed by atoms with E-state index in [1.54, 1.807) is 24.3 Å². The first-order valence-electron chi connectivity index (χ1n) is 14.1. The molecule has 0 saturated heterocycles. The predicted octanol–water partition coefficient (Wildman–Crippen LogP) is 7.18. The monoisotopic (exact) mass is 684 g/mol. The van der Waals surface area contributed by atoms with E-state index in [0.29, 0.717) is 36.0 Å². The lowest BCUT2D eigenvalue weighted by Crippen LogP contribution is -2.49. The fraction of sp³-hybridized carbons (Fsp3) is 0.235. The summed E-state index contributed by atoms with van der Waals surface area (Å²) >= 11 is 3.56. The van der Waals surface area contributed by atoms with E-state index in [4.69, 9.17) is 19.6 Å². The Bertz CT molecular complexity index is 1670. The molecule has 1 aliphatic heterocycles. The molecule has 11 heteroatoms. The van der Waals surface area contributed by atoms with Gasteiger partial charge in [0.2, 0.25) is 5.90 Å². The fourth-order valence-electron chi connectivity index (χ4n) is 5.09. The fourth-order valence-corrected chi connectivity index (χ4v) is 5.52. The number of hydrogen-bond donors (Lipinski definition) is 2. The van der Waals surface area contributed by atoms with Gasteiger partial charge >= 0.3 is 6.18 Å². The Balaban J connectivity index is 1.55. The summed E-state index contributed by atoms with van der Waals surface area (Å²) in [6.45, 7) is -0.0218. The van der Waals surface area contributed by atoms with Gasteiger partial charge in [-0.1, -0.05) is 64.5 Å². The van der Waals surface area contributed by atoms with Gasteiger partial charge < -0.3 is 19.9 Å². The SMILES string of the molecule is O=C(NCc1cc(F)cc(C(F)(F)F)c1)[C@]1(Cc2ccccc2Br)N=C(c2ccc(OCCCO)cc2)O[C@@H]1c1ccccc1. The summed E-state index contributed by atoms with van der Waals surface area (Å²) in [7, 11) is 0. The molecular weight excluding hydrogens is 656 g/mol. The second-order valence-electron chi connectivity index (χ2n) is 10.5. The minimum absolute atomic E-state index is 0.00792. The van der Waals surface area contributed by atoms with Crippen LogP contribution in [-0.2, 0) is 28.7 Å². The summed E-state index contributed by atoms with van der Waals surface area (Å²) in [4.78, 5) is 19.2. The molecule has 1 heterocycles. The summed E-state index contributed by atoms with van der Waals surface area (Å²) in [5.41, 5.74) is -0.815. The van der Waals surface area contributed by atoms with Crippen LogP contribution in [0.3, 0.4) is 0 Å². The maximum atomic E-state index is 14.3. The van der Waals surface area contributed by atoms with Crippen LogP contribution in [0.4, 0.5) is 17.6 Å². The van der Waals surface area contributed by atoms with Crippen LogP contribution in [0.1, 0.15) is 40.3 Å². The van der Waals surface area contributed by atoms with Crippen LogP contribution < -0.4 is 10.1 Å². The van der Waals surface area contributed by atoms with Crippen molar-refractivity contribution >= 4 is 27.7 Å². The van der Waals surface area contributed by atoms with Gasteiger partial charge in [-0.3, -0.25) is 4.79 Å². The topological polar surface area (TPSA) is 80.2 Å². The molecule has 1 amide bonds. The van der Waals surface area contributed by atoms with Crippen LogP contribution >= 0.6 is 15.9 Å². The molecule has 0 bridgehead atoms. The summed E-state index contributed by atoms with van der Waals surface area (Å²) < 4.78 is 67.1. The summed E-state index contributed by atoms with van der Waals surface area (Å²) in [5, 5.41) is 11.7. The molecule has 234 valence electrons. The highest BCUT2D eigenvalue weighted by atomic mass is 79.9. The average molecular weight is 686 g/mol. The van der Waals surface area contributed by atoms with Crippen molar-refractivity contribution in [1.29, 1.82) is 0 Å². The molecule has 0 unspecified atom stereocenters. The van der Waals surface area contributed by atoms with Crippen molar-refractivity contribution in [3.63, 3.8) is 0 Å². The van der Waals surface area contributed by atoms with Gasteiger partial charge in [0.15, 0.2) is 11.6 Å². The Morgan fingerprint density at radius 2 is 1.71 bits per heavy atom. The molecule has 0 radical (unpaired) electrons. The second kappa shape index (κ2) is 13.8. The van der Waals surface area contributed by atoms with E-state index in [2.05, 4.69) is 21.2 Å². The van der Waals surface area contributed by atoms with Gasteiger partial charge in [0.1, 0.15) is 11.6 Å². The normalized spacial score (nSPS) is 17.8. The molecule has 0 saturated carbocycles. The number of hydrogen-bond acceptors (Lipinski definition) is 5. The Hall–Kier alpha value is -4.22. The number of alkyl halides is 3. The molecule has 6 nitrogen and oxygen atoms in total. The zero-order valence-corrected chi connectivity index (χ0v) is 25.4. The molecule has 0 fully saturated rings. The smallest absolute Gasteiger partial charge is 0.416 e. The quantitative estimate of drug-likeness (QED) is 0.130. The number of nitrogens with zero attached hydrogens (tertiary/aromatic N) is 1. The molecule has 2 N–H and O–H groups in total. The van der Waals surface area contributed by atoms with Gasteiger partial charge in [0, 0.05) is 36.0 Å². The number of ether oxygens (including phenoxy) is 2. The van der Waals surface area contributed by atoms with Crippen molar-refractivity contribution in [1.82, 2.24) is 5.32 Å². The third-order valence-corrected chi connectivity index (χ3v) is 8.06. The number of carbonyl (C=O) groups excluding carboxylic acids is 1. The maximum absolute atomic E-state index is 14.3. The van der Waals surface area contributed by atoms with E-state index >= 15 is 0 Å². The molecule has 4 aromatic carbocycles. The van der Waals surface area contributed by atoms with E-state index < -0.39 is 35.1 Å².